The standard InChI is InChI=1S/C26H29ClN6O3S/c1-32(2)26(36)14-4-6-18(29-24(35)25-31-19-8-9-33(3)13-22(19)37-25)20(11-14)30-23(34)21-12-15-10-16(27)5-7-17(15)28-21/h5,7,10,12,14,20,28H,4,6,8-9,11,13H2,1-3H3,(H,30,34)/t14-,20-/m0/s1. The molecule has 2 atom stereocenters. The molecule has 0 spiro atoms. The first-order chi connectivity index (χ1) is 17.7. The van der Waals surface area contributed by atoms with E-state index in [9.17, 15) is 14.4 Å². The number of H-pyrrole nitrogens is 1. The Morgan fingerprint density at radius 3 is 2.84 bits per heavy atom. The monoisotopic (exact) mass is 540 g/mol. The highest BCUT2D eigenvalue weighted by atomic mass is 35.5. The normalized spacial score (nSPS) is 21.1. The minimum atomic E-state index is -0.546. The Balaban J connectivity index is 1.39. The number of amides is 3. The van der Waals surface area contributed by atoms with Crippen molar-refractivity contribution in [3.05, 3.63) is 50.6 Å². The fourth-order valence-electron chi connectivity index (χ4n) is 4.95. The molecular weight excluding hydrogens is 512 g/mol. The molecule has 0 radical (unpaired) electrons. The number of hydrogen-bond donors (Lipinski definition) is 2. The predicted octanol–water partition coefficient (Wildman–Crippen LogP) is 3.53. The van der Waals surface area contributed by atoms with Crippen molar-refractivity contribution in [2.24, 2.45) is 10.9 Å². The van der Waals surface area contributed by atoms with Gasteiger partial charge < -0.3 is 20.1 Å². The molecule has 37 heavy (non-hydrogen) atoms. The molecule has 1 aliphatic carbocycles. The number of fused-ring (bicyclic) bond motifs is 2. The number of hydrogen-bond acceptors (Lipinski definition) is 6. The average Bonchev–Trinajstić information content (AvgIpc) is 3.48. The number of thiazole rings is 1. The highest BCUT2D eigenvalue weighted by Crippen LogP contribution is 2.28. The van der Waals surface area contributed by atoms with Gasteiger partial charge in [-0.3, -0.25) is 14.4 Å². The molecule has 11 heteroatoms. The van der Waals surface area contributed by atoms with Gasteiger partial charge in [-0.1, -0.05) is 11.6 Å². The number of halogens is 1. The molecule has 9 nitrogen and oxygen atoms in total. The van der Waals surface area contributed by atoms with Gasteiger partial charge in [0.15, 0.2) is 5.01 Å². The highest BCUT2D eigenvalue weighted by Gasteiger charge is 2.34. The van der Waals surface area contributed by atoms with Crippen molar-refractivity contribution in [2.75, 3.05) is 27.7 Å². The molecule has 1 aromatic carbocycles. The summed E-state index contributed by atoms with van der Waals surface area (Å²) >= 11 is 7.48. The molecule has 0 saturated heterocycles. The van der Waals surface area contributed by atoms with Crippen LogP contribution in [-0.4, -0.2) is 76.9 Å². The first-order valence-electron chi connectivity index (χ1n) is 12.3. The van der Waals surface area contributed by atoms with E-state index < -0.39 is 11.9 Å². The zero-order chi connectivity index (χ0) is 26.3. The lowest BCUT2D eigenvalue weighted by atomic mass is 9.83. The van der Waals surface area contributed by atoms with E-state index in [0.29, 0.717) is 40.7 Å². The average molecular weight is 541 g/mol. The van der Waals surface area contributed by atoms with Crippen LogP contribution in [0.2, 0.25) is 5.02 Å². The third-order valence-electron chi connectivity index (χ3n) is 6.94. The quantitative estimate of drug-likeness (QED) is 0.526. The smallest absolute Gasteiger partial charge is 0.305 e. The lowest BCUT2D eigenvalue weighted by Crippen LogP contribution is -2.47. The third-order valence-corrected chi connectivity index (χ3v) is 8.25. The lowest BCUT2D eigenvalue weighted by molar-refractivity contribution is -0.133. The maximum atomic E-state index is 13.2. The number of carbonyl (C=O) groups excluding carboxylic acids is 3. The fraction of sp³-hybridized carbons (Fsp3) is 0.423. The van der Waals surface area contributed by atoms with E-state index in [0.717, 1.165) is 41.0 Å². The Kier molecular flexibility index (Phi) is 7.15. The summed E-state index contributed by atoms with van der Waals surface area (Å²) in [5.41, 5.74) is 2.71. The van der Waals surface area contributed by atoms with Crippen LogP contribution in [-0.2, 0) is 17.8 Å². The molecule has 1 fully saturated rings. The summed E-state index contributed by atoms with van der Waals surface area (Å²) in [7, 11) is 5.49. The maximum Gasteiger partial charge on any atom is 0.305 e. The second kappa shape index (κ2) is 10.4. The topological polar surface area (TPSA) is 111 Å². The van der Waals surface area contributed by atoms with Crippen LogP contribution in [0, 0.1) is 5.92 Å². The maximum absolute atomic E-state index is 13.2. The van der Waals surface area contributed by atoms with Gasteiger partial charge in [0.05, 0.1) is 11.7 Å². The van der Waals surface area contributed by atoms with Gasteiger partial charge in [0, 0.05) is 66.0 Å². The number of rotatable bonds is 4. The predicted molar refractivity (Wildman–Crippen MR) is 145 cm³/mol. The van der Waals surface area contributed by atoms with Crippen LogP contribution in [0.25, 0.3) is 10.9 Å². The molecule has 1 aliphatic heterocycles. The zero-order valence-electron chi connectivity index (χ0n) is 21.0. The largest absolute Gasteiger partial charge is 0.351 e. The molecule has 194 valence electrons. The number of aromatic nitrogens is 2. The number of likely N-dealkylation sites (N-methyl/N-ethyl adjacent to an activating group) is 1. The first-order valence-corrected chi connectivity index (χ1v) is 13.5. The SMILES string of the molecule is CN1CCc2nc(C(=O)N=C3CC[C@H](C(=O)N(C)C)C[C@@H]3NC(=O)c3cc4cc(Cl)ccc4[nH]3)sc2C1. The number of benzene rings is 1. The lowest BCUT2D eigenvalue weighted by Gasteiger charge is -2.31. The van der Waals surface area contributed by atoms with Crippen LogP contribution in [0.3, 0.4) is 0 Å². The van der Waals surface area contributed by atoms with Crippen LogP contribution < -0.4 is 5.32 Å². The third kappa shape index (κ3) is 5.46. The molecule has 3 amide bonds. The van der Waals surface area contributed by atoms with Gasteiger partial charge in [-0.25, -0.2) is 9.98 Å². The van der Waals surface area contributed by atoms with Crippen LogP contribution in [0.1, 0.15) is 50.1 Å². The van der Waals surface area contributed by atoms with Crippen LogP contribution in [0.4, 0.5) is 0 Å². The van der Waals surface area contributed by atoms with Crippen LogP contribution in [0.15, 0.2) is 29.3 Å². The van der Waals surface area contributed by atoms with Gasteiger partial charge in [0.1, 0.15) is 5.69 Å². The van der Waals surface area contributed by atoms with Crippen molar-refractivity contribution in [3.63, 3.8) is 0 Å². The Hall–Kier alpha value is -3.08. The van der Waals surface area contributed by atoms with Crippen molar-refractivity contribution in [1.82, 2.24) is 25.1 Å². The molecule has 2 aliphatic rings. The molecule has 2 aromatic heterocycles. The zero-order valence-corrected chi connectivity index (χ0v) is 22.6. The minimum absolute atomic E-state index is 0.00148. The summed E-state index contributed by atoms with van der Waals surface area (Å²) in [6, 6.07) is 6.55. The number of nitrogens with one attached hydrogen (secondary N) is 2. The van der Waals surface area contributed by atoms with E-state index in [-0.39, 0.29) is 17.7 Å². The fourth-order valence-corrected chi connectivity index (χ4v) is 6.21. The van der Waals surface area contributed by atoms with Gasteiger partial charge >= 0.3 is 5.91 Å². The number of nitrogens with zero attached hydrogens (tertiary/aromatic N) is 4. The van der Waals surface area contributed by atoms with E-state index in [1.807, 2.05) is 13.1 Å². The van der Waals surface area contributed by atoms with Crippen molar-refractivity contribution in [3.8, 4) is 0 Å². The van der Waals surface area contributed by atoms with Crippen molar-refractivity contribution >= 4 is 57.3 Å². The highest BCUT2D eigenvalue weighted by molar-refractivity contribution is 7.13. The summed E-state index contributed by atoms with van der Waals surface area (Å²) in [6.45, 7) is 1.69. The van der Waals surface area contributed by atoms with Gasteiger partial charge in [0.2, 0.25) is 5.91 Å². The van der Waals surface area contributed by atoms with E-state index >= 15 is 0 Å². The Morgan fingerprint density at radius 1 is 1.24 bits per heavy atom. The number of aliphatic imine (C=N–C) groups is 1. The van der Waals surface area contributed by atoms with Gasteiger partial charge in [0.25, 0.3) is 5.91 Å². The van der Waals surface area contributed by atoms with Gasteiger partial charge in [-0.15, -0.1) is 11.3 Å². The number of aromatic amines is 1. The van der Waals surface area contributed by atoms with E-state index in [1.54, 1.807) is 37.2 Å². The van der Waals surface area contributed by atoms with Gasteiger partial charge in [-0.05, 0) is 50.6 Å². The second-order valence-corrected chi connectivity index (χ2v) is 11.4. The summed E-state index contributed by atoms with van der Waals surface area (Å²) in [6.07, 6.45) is 2.20. The summed E-state index contributed by atoms with van der Waals surface area (Å²) in [5, 5.41) is 4.79. The first kappa shape index (κ1) is 25.6. The molecular formula is C26H29ClN6O3S. The van der Waals surface area contributed by atoms with Gasteiger partial charge in [-0.2, -0.15) is 0 Å². The van der Waals surface area contributed by atoms with Crippen LogP contribution in [0.5, 0.6) is 0 Å². The Bertz CT molecular complexity index is 1410. The van der Waals surface area contributed by atoms with Crippen LogP contribution >= 0.6 is 22.9 Å². The number of carbonyl (C=O) groups is 3. The molecule has 0 bridgehead atoms. The van der Waals surface area contributed by atoms with Crippen molar-refractivity contribution < 1.29 is 14.4 Å². The van der Waals surface area contributed by atoms with E-state index in [2.05, 4.69) is 25.2 Å². The minimum Gasteiger partial charge on any atom is -0.351 e. The molecule has 3 heterocycles. The Morgan fingerprint density at radius 2 is 2.05 bits per heavy atom. The van der Waals surface area contributed by atoms with E-state index in [1.165, 1.54) is 11.3 Å². The molecule has 2 N–H and O–H groups in total. The molecule has 0 unspecified atom stereocenters. The summed E-state index contributed by atoms with van der Waals surface area (Å²) < 4.78 is 0. The van der Waals surface area contributed by atoms with Crippen molar-refractivity contribution in [2.45, 2.75) is 38.3 Å². The Labute approximate surface area is 223 Å². The molecule has 3 aromatic rings. The summed E-state index contributed by atoms with van der Waals surface area (Å²) in [4.78, 5) is 56.0. The second-order valence-electron chi connectivity index (χ2n) is 9.93. The van der Waals surface area contributed by atoms with E-state index in [4.69, 9.17) is 11.6 Å². The molecule has 1 saturated carbocycles. The molecule has 5 rings (SSSR count). The summed E-state index contributed by atoms with van der Waals surface area (Å²) in [5.74, 6) is -0.989. The van der Waals surface area contributed by atoms with Crippen molar-refractivity contribution in [1.29, 1.82) is 0 Å².